The van der Waals surface area contributed by atoms with E-state index in [-0.39, 0.29) is 11.8 Å². The number of ether oxygens (including phenoxy) is 3. The first-order chi connectivity index (χ1) is 18.0. The number of carbonyl (C=O) groups is 2. The van der Waals surface area contributed by atoms with Crippen molar-refractivity contribution < 1.29 is 23.8 Å². The van der Waals surface area contributed by atoms with Gasteiger partial charge in [-0.25, -0.2) is 5.43 Å². The number of rotatable bonds is 8. The standard InChI is InChI=1S/C29H25N3O5/c1-35-24-15-14-21(26(36-2)27(24)37-3)16-30-31-28(33)20-12-10-18(11-13-20)17-32-23-9-5-7-19-6-4-8-22(25(19)23)29(32)34/h4-16H,17H2,1-3H3,(H,31,33). The van der Waals surface area contributed by atoms with Crippen LogP contribution in [-0.2, 0) is 6.54 Å². The van der Waals surface area contributed by atoms with Gasteiger partial charge in [0.1, 0.15) is 0 Å². The molecule has 0 fully saturated rings. The van der Waals surface area contributed by atoms with Crippen molar-refractivity contribution >= 4 is 34.5 Å². The van der Waals surface area contributed by atoms with Crippen LogP contribution in [0.1, 0.15) is 31.8 Å². The molecule has 37 heavy (non-hydrogen) atoms. The van der Waals surface area contributed by atoms with Gasteiger partial charge in [0.05, 0.1) is 39.8 Å². The van der Waals surface area contributed by atoms with Gasteiger partial charge in [0, 0.05) is 22.1 Å². The van der Waals surface area contributed by atoms with Crippen molar-refractivity contribution in [1.82, 2.24) is 5.43 Å². The zero-order valence-electron chi connectivity index (χ0n) is 20.6. The fourth-order valence-electron chi connectivity index (χ4n) is 4.53. The van der Waals surface area contributed by atoms with E-state index in [0.717, 1.165) is 22.0 Å². The molecule has 0 saturated carbocycles. The zero-order valence-corrected chi connectivity index (χ0v) is 20.6. The molecule has 8 nitrogen and oxygen atoms in total. The molecule has 0 aromatic heterocycles. The predicted octanol–water partition coefficient (Wildman–Crippen LogP) is 4.79. The average Bonchev–Trinajstić information content (AvgIpc) is 3.20. The number of hydrazone groups is 1. The number of nitrogens with zero attached hydrogens (tertiary/aromatic N) is 2. The van der Waals surface area contributed by atoms with Crippen molar-refractivity contribution in [1.29, 1.82) is 0 Å². The number of carbonyl (C=O) groups excluding carboxylic acids is 2. The van der Waals surface area contributed by atoms with E-state index in [2.05, 4.69) is 10.5 Å². The largest absolute Gasteiger partial charge is 0.493 e. The normalized spacial score (nSPS) is 12.3. The fourth-order valence-corrected chi connectivity index (χ4v) is 4.53. The van der Waals surface area contributed by atoms with E-state index in [4.69, 9.17) is 14.2 Å². The Labute approximate surface area is 214 Å². The van der Waals surface area contributed by atoms with E-state index in [1.807, 2.05) is 48.5 Å². The predicted molar refractivity (Wildman–Crippen MR) is 142 cm³/mol. The minimum absolute atomic E-state index is 0.0199. The molecule has 1 heterocycles. The highest BCUT2D eigenvalue weighted by molar-refractivity contribution is 6.24. The lowest BCUT2D eigenvalue weighted by molar-refractivity contribution is 0.0953. The van der Waals surface area contributed by atoms with Gasteiger partial charge in [-0.2, -0.15) is 5.10 Å². The number of hydrogen-bond donors (Lipinski definition) is 1. The van der Waals surface area contributed by atoms with E-state index < -0.39 is 0 Å². The number of amides is 2. The Morgan fingerprint density at radius 3 is 2.32 bits per heavy atom. The van der Waals surface area contributed by atoms with Crippen LogP contribution in [0.4, 0.5) is 5.69 Å². The molecule has 1 aliphatic heterocycles. The Balaban J connectivity index is 1.27. The van der Waals surface area contributed by atoms with Crippen molar-refractivity contribution in [2.75, 3.05) is 26.2 Å². The van der Waals surface area contributed by atoms with Crippen LogP contribution in [0.2, 0.25) is 0 Å². The molecule has 186 valence electrons. The first kappa shape index (κ1) is 23.9. The highest BCUT2D eigenvalue weighted by atomic mass is 16.5. The summed E-state index contributed by atoms with van der Waals surface area (Å²) in [5.74, 6) is 1.02. The highest BCUT2D eigenvalue weighted by Crippen LogP contribution is 2.39. The van der Waals surface area contributed by atoms with Gasteiger partial charge in [-0.3, -0.25) is 9.59 Å². The van der Waals surface area contributed by atoms with Crippen LogP contribution in [0.25, 0.3) is 10.8 Å². The van der Waals surface area contributed by atoms with Crippen molar-refractivity contribution in [3.8, 4) is 17.2 Å². The third kappa shape index (κ3) is 4.33. The number of anilines is 1. The van der Waals surface area contributed by atoms with Gasteiger partial charge in [-0.05, 0) is 47.3 Å². The highest BCUT2D eigenvalue weighted by Gasteiger charge is 2.29. The van der Waals surface area contributed by atoms with Crippen LogP contribution in [-0.4, -0.2) is 39.4 Å². The van der Waals surface area contributed by atoms with Gasteiger partial charge in [-0.15, -0.1) is 0 Å². The molecule has 2 amide bonds. The van der Waals surface area contributed by atoms with E-state index in [9.17, 15) is 9.59 Å². The Bertz CT molecular complexity index is 1520. The Morgan fingerprint density at radius 1 is 0.892 bits per heavy atom. The quantitative estimate of drug-likeness (QED) is 0.280. The lowest BCUT2D eigenvalue weighted by Gasteiger charge is -2.18. The first-order valence-corrected chi connectivity index (χ1v) is 11.6. The number of nitrogens with one attached hydrogen (secondary N) is 1. The molecule has 0 unspecified atom stereocenters. The zero-order chi connectivity index (χ0) is 25.9. The Hall–Kier alpha value is -4.85. The van der Waals surface area contributed by atoms with Crippen molar-refractivity contribution in [3.63, 3.8) is 0 Å². The second-order valence-corrected chi connectivity index (χ2v) is 8.39. The minimum Gasteiger partial charge on any atom is -0.493 e. The van der Waals surface area contributed by atoms with Gasteiger partial charge in [0.15, 0.2) is 11.5 Å². The first-order valence-electron chi connectivity index (χ1n) is 11.6. The topological polar surface area (TPSA) is 89.5 Å². The van der Waals surface area contributed by atoms with E-state index in [1.54, 1.807) is 36.3 Å². The van der Waals surface area contributed by atoms with E-state index in [1.165, 1.54) is 20.4 Å². The van der Waals surface area contributed by atoms with Gasteiger partial charge >= 0.3 is 0 Å². The Kier molecular flexibility index (Phi) is 6.47. The second kappa shape index (κ2) is 10.0. The van der Waals surface area contributed by atoms with Crippen molar-refractivity contribution in [2.24, 2.45) is 5.10 Å². The van der Waals surface area contributed by atoms with Crippen LogP contribution in [0, 0.1) is 0 Å². The lowest BCUT2D eigenvalue weighted by atomic mass is 10.1. The summed E-state index contributed by atoms with van der Waals surface area (Å²) in [6.07, 6.45) is 1.48. The summed E-state index contributed by atoms with van der Waals surface area (Å²) in [7, 11) is 4.58. The molecule has 8 heteroatoms. The maximum Gasteiger partial charge on any atom is 0.271 e. The summed E-state index contributed by atoms with van der Waals surface area (Å²) in [5.41, 5.74) is 6.11. The number of benzene rings is 4. The SMILES string of the molecule is COc1ccc(C=NNC(=O)c2ccc(CN3C(=O)c4cccc5cccc3c45)cc2)c(OC)c1OC. The molecular weight excluding hydrogens is 470 g/mol. The fraction of sp³-hybridized carbons (Fsp3) is 0.138. The molecule has 0 radical (unpaired) electrons. The van der Waals surface area contributed by atoms with Crippen molar-refractivity contribution in [3.05, 3.63) is 95.1 Å². The molecule has 0 atom stereocenters. The lowest BCUT2D eigenvalue weighted by Crippen LogP contribution is -2.26. The Morgan fingerprint density at radius 2 is 1.62 bits per heavy atom. The van der Waals surface area contributed by atoms with E-state index in [0.29, 0.717) is 40.5 Å². The average molecular weight is 496 g/mol. The summed E-state index contributed by atoms with van der Waals surface area (Å²) < 4.78 is 16.1. The van der Waals surface area contributed by atoms with Crippen LogP contribution in [0.5, 0.6) is 17.2 Å². The molecule has 0 saturated heterocycles. The van der Waals surface area contributed by atoms with Gasteiger partial charge in [0.2, 0.25) is 5.75 Å². The molecule has 0 bridgehead atoms. The molecule has 0 aliphatic carbocycles. The van der Waals surface area contributed by atoms with Crippen LogP contribution < -0.4 is 24.5 Å². The number of methoxy groups -OCH3 is 3. The molecule has 5 rings (SSSR count). The summed E-state index contributed by atoms with van der Waals surface area (Å²) in [4.78, 5) is 27.4. The third-order valence-corrected chi connectivity index (χ3v) is 6.31. The molecule has 1 N–H and O–H groups in total. The molecule has 4 aromatic rings. The summed E-state index contributed by atoms with van der Waals surface area (Å²) in [6, 6.07) is 22.3. The van der Waals surface area contributed by atoms with Crippen molar-refractivity contribution in [2.45, 2.75) is 6.54 Å². The van der Waals surface area contributed by atoms with E-state index >= 15 is 0 Å². The molecule has 0 spiro atoms. The minimum atomic E-state index is -0.364. The summed E-state index contributed by atoms with van der Waals surface area (Å²) in [5, 5.41) is 6.09. The molecule has 4 aromatic carbocycles. The summed E-state index contributed by atoms with van der Waals surface area (Å²) >= 11 is 0. The van der Waals surface area contributed by atoms with Crippen LogP contribution in [0.15, 0.2) is 77.9 Å². The van der Waals surface area contributed by atoms with Gasteiger partial charge < -0.3 is 19.1 Å². The maximum atomic E-state index is 13.0. The number of hydrogen-bond acceptors (Lipinski definition) is 6. The second-order valence-electron chi connectivity index (χ2n) is 8.39. The molecular formula is C29H25N3O5. The van der Waals surface area contributed by atoms with Gasteiger partial charge in [0.25, 0.3) is 11.8 Å². The van der Waals surface area contributed by atoms with Crippen LogP contribution in [0.3, 0.4) is 0 Å². The maximum absolute atomic E-state index is 13.0. The molecule has 1 aliphatic rings. The summed E-state index contributed by atoms with van der Waals surface area (Å²) in [6.45, 7) is 0.409. The van der Waals surface area contributed by atoms with Crippen LogP contribution >= 0.6 is 0 Å². The smallest absolute Gasteiger partial charge is 0.271 e. The third-order valence-electron chi connectivity index (χ3n) is 6.31. The monoisotopic (exact) mass is 495 g/mol. The van der Waals surface area contributed by atoms with Gasteiger partial charge in [-0.1, -0.05) is 36.4 Å².